The molecule has 0 fully saturated rings. The van der Waals surface area contributed by atoms with Crippen molar-refractivity contribution in [2.75, 3.05) is 0 Å². The number of para-hydroxylation sites is 3. The predicted molar refractivity (Wildman–Crippen MR) is 166 cm³/mol. The Morgan fingerprint density at radius 1 is 0.450 bits per heavy atom. The number of furan rings is 2. The van der Waals surface area contributed by atoms with Gasteiger partial charge in [-0.05, 0) is 46.0 Å². The van der Waals surface area contributed by atoms with Gasteiger partial charge in [0, 0.05) is 33.0 Å². The Morgan fingerprint density at radius 2 is 1.10 bits per heavy atom. The first-order valence-corrected chi connectivity index (χ1v) is 13.8. The van der Waals surface area contributed by atoms with Crippen LogP contribution in [-0.2, 0) is 0 Å². The van der Waals surface area contributed by atoms with Gasteiger partial charge in [-0.3, -0.25) is 0 Å². The largest absolute Gasteiger partial charge is 0.456 e. The van der Waals surface area contributed by atoms with Crippen LogP contribution in [0.25, 0.3) is 66.1 Å². The minimum absolute atomic E-state index is 0.247. The lowest BCUT2D eigenvalue weighted by Crippen LogP contribution is -1.96. The van der Waals surface area contributed by atoms with Gasteiger partial charge in [0.25, 0.3) is 0 Å². The van der Waals surface area contributed by atoms with Gasteiger partial charge < -0.3 is 8.83 Å². The molecule has 0 radical (unpaired) electrons. The average Bonchev–Trinajstić information content (AvgIpc) is 3.59. The summed E-state index contributed by atoms with van der Waals surface area (Å²) >= 11 is 0. The van der Waals surface area contributed by atoms with Gasteiger partial charge in [0.05, 0.1) is 0 Å². The number of hydrogen-bond donors (Lipinski definition) is 0. The SMILES string of the molecule is CC(c1ccc(-c2cccc3c2oc2ccccc23)cc1)c1cccc(-c2cccc3oc4ccccc4c23)c1. The van der Waals surface area contributed by atoms with Crippen LogP contribution in [0.1, 0.15) is 24.0 Å². The molecule has 0 bridgehead atoms. The molecule has 0 saturated heterocycles. The zero-order valence-electron chi connectivity index (χ0n) is 22.1. The zero-order chi connectivity index (χ0) is 26.6. The first kappa shape index (κ1) is 22.9. The van der Waals surface area contributed by atoms with E-state index in [2.05, 4.69) is 116 Å². The van der Waals surface area contributed by atoms with E-state index in [-0.39, 0.29) is 5.92 Å². The van der Waals surface area contributed by atoms with E-state index >= 15 is 0 Å². The lowest BCUT2D eigenvalue weighted by atomic mass is 9.89. The summed E-state index contributed by atoms with van der Waals surface area (Å²) in [5.74, 6) is 0.247. The fraction of sp³-hybridized carbons (Fsp3) is 0.0526. The molecule has 2 aromatic heterocycles. The number of hydrogen-bond acceptors (Lipinski definition) is 2. The van der Waals surface area contributed by atoms with Crippen LogP contribution < -0.4 is 0 Å². The Kier molecular flexibility index (Phi) is 5.14. The van der Waals surface area contributed by atoms with Gasteiger partial charge >= 0.3 is 0 Å². The fourth-order valence-corrected chi connectivity index (χ4v) is 6.11. The zero-order valence-corrected chi connectivity index (χ0v) is 22.1. The Morgan fingerprint density at radius 3 is 1.95 bits per heavy atom. The minimum atomic E-state index is 0.247. The van der Waals surface area contributed by atoms with E-state index in [4.69, 9.17) is 8.83 Å². The average molecular weight is 515 g/mol. The fourth-order valence-electron chi connectivity index (χ4n) is 6.11. The van der Waals surface area contributed by atoms with E-state index in [1.807, 2.05) is 24.3 Å². The van der Waals surface area contributed by atoms with E-state index < -0.39 is 0 Å². The van der Waals surface area contributed by atoms with Gasteiger partial charge in [-0.1, -0.05) is 122 Å². The van der Waals surface area contributed by atoms with Gasteiger partial charge in [0.15, 0.2) is 0 Å². The van der Waals surface area contributed by atoms with Crippen LogP contribution in [0.2, 0.25) is 0 Å². The van der Waals surface area contributed by atoms with Crippen molar-refractivity contribution in [2.24, 2.45) is 0 Å². The lowest BCUT2D eigenvalue weighted by molar-refractivity contribution is 0.669. The number of benzene rings is 6. The van der Waals surface area contributed by atoms with E-state index in [0.29, 0.717) is 0 Å². The molecule has 40 heavy (non-hydrogen) atoms. The van der Waals surface area contributed by atoms with Crippen molar-refractivity contribution < 1.29 is 8.83 Å². The summed E-state index contributed by atoms with van der Waals surface area (Å²) in [5.41, 5.74) is 11.0. The van der Waals surface area contributed by atoms with Crippen molar-refractivity contribution in [3.05, 3.63) is 145 Å². The van der Waals surface area contributed by atoms with Gasteiger partial charge in [-0.2, -0.15) is 0 Å². The molecule has 0 saturated carbocycles. The summed E-state index contributed by atoms with van der Waals surface area (Å²) in [6.07, 6.45) is 0. The first-order valence-electron chi connectivity index (χ1n) is 13.8. The van der Waals surface area contributed by atoms with E-state index in [9.17, 15) is 0 Å². The molecule has 6 aromatic carbocycles. The van der Waals surface area contributed by atoms with Crippen molar-refractivity contribution in [1.29, 1.82) is 0 Å². The third-order valence-corrected chi connectivity index (χ3v) is 8.23. The van der Waals surface area contributed by atoms with Crippen molar-refractivity contribution in [1.82, 2.24) is 0 Å². The van der Waals surface area contributed by atoms with Crippen molar-refractivity contribution in [3.63, 3.8) is 0 Å². The summed E-state index contributed by atoms with van der Waals surface area (Å²) in [4.78, 5) is 0. The van der Waals surface area contributed by atoms with Gasteiger partial charge in [0.2, 0.25) is 0 Å². The number of rotatable bonds is 4. The molecule has 2 heteroatoms. The maximum atomic E-state index is 6.28. The summed E-state index contributed by atoms with van der Waals surface area (Å²) in [6.45, 7) is 2.28. The molecule has 190 valence electrons. The highest BCUT2D eigenvalue weighted by molar-refractivity contribution is 6.12. The van der Waals surface area contributed by atoms with E-state index in [0.717, 1.165) is 49.6 Å². The normalized spacial score (nSPS) is 12.5. The second-order valence-corrected chi connectivity index (χ2v) is 10.5. The molecule has 0 aliphatic heterocycles. The molecule has 0 amide bonds. The van der Waals surface area contributed by atoms with E-state index in [1.54, 1.807) is 0 Å². The van der Waals surface area contributed by atoms with Crippen LogP contribution in [0, 0.1) is 0 Å². The molecule has 8 rings (SSSR count). The van der Waals surface area contributed by atoms with Crippen LogP contribution in [0.3, 0.4) is 0 Å². The van der Waals surface area contributed by atoms with Crippen LogP contribution >= 0.6 is 0 Å². The summed E-state index contributed by atoms with van der Waals surface area (Å²) in [5, 5.41) is 4.64. The maximum absolute atomic E-state index is 6.28. The monoisotopic (exact) mass is 514 g/mol. The Bertz CT molecular complexity index is 2180. The quantitative estimate of drug-likeness (QED) is 0.233. The van der Waals surface area contributed by atoms with Crippen LogP contribution in [-0.4, -0.2) is 0 Å². The molecule has 0 spiro atoms. The van der Waals surface area contributed by atoms with Crippen LogP contribution in [0.4, 0.5) is 0 Å². The minimum Gasteiger partial charge on any atom is -0.456 e. The highest BCUT2D eigenvalue weighted by Crippen LogP contribution is 2.39. The third kappa shape index (κ3) is 3.57. The lowest BCUT2D eigenvalue weighted by Gasteiger charge is -2.15. The first-order chi connectivity index (χ1) is 19.7. The second-order valence-electron chi connectivity index (χ2n) is 10.5. The standard InChI is InChI=1S/C38H26O2/c1-24(25-19-21-26(22-20-25)30-14-7-15-32-31-11-2-4-16-34(31)40-38(30)32)27-9-6-10-28(23-27)29-13-8-18-36-37(29)33-12-3-5-17-35(33)39-36/h2-24H,1H3. The van der Waals surface area contributed by atoms with Crippen molar-refractivity contribution in [2.45, 2.75) is 12.8 Å². The molecule has 2 nitrogen and oxygen atoms in total. The smallest absolute Gasteiger partial charge is 0.143 e. The van der Waals surface area contributed by atoms with Crippen LogP contribution in [0.5, 0.6) is 0 Å². The topological polar surface area (TPSA) is 26.3 Å². The number of fused-ring (bicyclic) bond motifs is 6. The molecular weight excluding hydrogens is 488 g/mol. The van der Waals surface area contributed by atoms with Gasteiger partial charge in [-0.15, -0.1) is 0 Å². The van der Waals surface area contributed by atoms with Crippen LogP contribution in [0.15, 0.2) is 142 Å². The molecule has 1 unspecified atom stereocenters. The van der Waals surface area contributed by atoms with Crippen molar-refractivity contribution in [3.8, 4) is 22.3 Å². The molecule has 8 aromatic rings. The highest BCUT2D eigenvalue weighted by atomic mass is 16.3. The summed E-state index contributed by atoms with van der Waals surface area (Å²) in [6, 6.07) is 47.1. The molecular formula is C38H26O2. The molecule has 1 atom stereocenters. The summed E-state index contributed by atoms with van der Waals surface area (Å²) in [7, 11) is 0. The highest BCUT2D eigenvalue weighted by Gasteiger charge is 2.16. The molecule has 0 aliphatic rings. The molecule has 0 aliphatic carbocycles. The predicted octanol–water partition coefficient (Wildman–Crippen LogP) is 11.0. The van der Waals surface area contributed by atoms with Gasteiger partial charge in [-0.25, -0.2) is 0 Å². The Balaban J connectivity index is 1.16. The summed E-state index contributed by atoms with van der Waals surface area (Å²) < 4.78 is 12.4. The van der Waals surface area contributed by atoms with Gasteiger partial charge in [0.1, 0.15) is 22.3 Å². The van der Waals surface area contributed by atoms with E-state index in [1.165, 1.54) is 27.6 Å². The maximum Gasteiger partial charge on any atom is 0.143 e. The third-order valence-electron chi connectivity index (χ3n) is 8.23. The Hall–Kier alpha value is -5.08. The molecule has 2 heterocycles. The Labute approximate surface area is 232 Å². The second kappa shape index (κ2) is 9.00. The van der Waals surface area contributed by atoms with Crippen molar-refractivity contribution >= 4 is 43.9 Å². The molecule has 0 N–H and O–H groups in total.